The first kappa shape index (κ1) is 20.5. The number of hydrogen-bond acceptors (Lipinski definition) is 5. The highest BCUT2D eigenvalue weighted by Gasteiger charge is 2.33. The number of piperidine rings is 1. The Morgan fingerprint density at radius 3 is 2.59 bits per heavy atom. The van der Waals surface area contributed by atoms with Crippen LogP contribution in [-0.4, -0.2) is 76.0 Å². The number of nitrogens with one attached hydrogen (secondary N) is 1. The van der Waals surface area contributed by atoms with Gasteiger partial charge in [-0.1, -0.05) is 11.6 Å². The minimum absolute atomic E-state index is 0.0701. The predicted octanol–water partition coefficient (Wildman–Crippen LogP) is 1.19. The van der Waals surface area contributed by atoms with Crippen molar-refractivity contribution >= 4 is 27.5 Å². The van der Waals surface area contributed by atoms with Crippen LogP contribution in [0, 0.1) is 5.92 Å². The van der Waals surface area contributed by atoms with Crippen LogP contribution in [-0.2, 0) is 19.6 Å². The summed E-state index contributed by atoms with van der Waals surface area (Å²) in [5.41, 5.74) is 0. The van der Waals surface area contributed by atoms with Gasteiger partial charge in [-0.2, -0.15) is 4.31 Å². The molecule has 2 aliphatic rings. The lowest BCUT2D eigenvalue weighted by atomic mass is 9.99. The number of sulfonamides is 1. The second-order valence-corrected chi connectivity index (χ2v) is 9.28. The number of nitrogens with zero attached hydrogens (tertiary/aromatic N) is 2. The summed E-state index contributed by atoms with van der Waals surface area (Å²) in [4.78, 5) is 15.0. The Morgan fingerprint density at radius 2 is 1.89 bits per heavy atom. The van der Waals surface area contributed by atoms with Crippen molar-refractivity contribution in [1.82, 2.24) is 14.5 Å². The van der Waals surface area contributed by atoms with Crippen LogP contribution in [0.5, 0.6) is 0 Å². The van der Waals surface area contributed by atoms with Gasteiger partial charge in [-0.25, -0.2) is 8.42 Å². The van der Waals surface area contributed by atoms with Crippen molar-refractivity contribution < 1.29 is 17.9 Å². The molecule has 0 unspecified atom stereocenters. The fraction of sp³-hybridized carbons (Fsp3) is 0.611. The summed E-state index contributed by atoms with van der Waals surface area (Å²) in [5.74, 6) is -0.384. The highest BCUT2D eigenvalue weighted by Crippen LogP contribution is 2.24. The molecule has 2 aliphatic heterocycles. The Kier molecular flexibility index (Phi) is 7.10. The van der Waals surface area contributed by atoms with E-state index in [4.69, 9.17) is 16.3 Å². The topological polar surface area (TPSA) is 79.0 Å². The van der Waals surface area contributed by atoms with E-state index in [0.717, 1.165) is 32.8 Å². The first-order valence-corrected chi connectivity index (χ1v) is 11.1. The van der Waals surface area contributed by atoms with Crippen molar-refractivity contribution in [3.63, 3.8) is 0 Å². The Bertz CT molecular complexity index is 735. The molecule has 0 radical (unpaired) electrons. The summed E-state index contributed by atoms with van der Waals surface area (Å²) < 4.78 is 32.4. The molecule has 1 aromatic carbocycles. The number of carbonyl (C=O) groups excluding carboxylic acids is 1. The van der Waals surface area contributed by atoms with E-state index in [1.165, 1.54) is 16.4 Å². The lowest BCUT2D eigenvalue weighted by Crippen LogP contribution is -2.47. The van der Waals surface area contributed by atoms with Crippen LogP contribution in [0.15, 0.2) is 29.2 Å². The minimum Gasteiger partial charge on any atom is -0.379 e. The zero-order valence-corrected chi connectivity index (χ0v) is 16.8. The maximum Gasteiger partial charge on any atom is 0.243 e. The van der Waals surface area contributed by atoms with E-state index in [-0.39, 0.29) is 23.3 Å². The molecule has 0 aromatic heterocycles. The van der Waals surface area contributed by atoms with Crippen LogP contribution in [0.2, 0.25) is 5.02 Å². The van der Waals surface area contributed by atoms with Crippen LogP contribution < -0.4 is 5.32 Å². The van der Waals surface area contributed by atoms with Crippen molar-refractivity contribution in [3.8, 4) is 0 Å². The second-order valence-electron chi connectivity index (χ2n) is 6.90. The summed E-state index contributed by atoms with van der Waals surface area (Å²) >= 11 is 5.85. The number of carbonyl (C=O) groups is 1. The van der Waals surface area contributed by atoms with E-state index in [1.807, 2.05) is 0 Å². The molecule has 0 saturated carbocycles. The first-order chi connectivity index (χ1) is 13.0. The van der Waals surface area contributed by atoms with E-state index >= 15 is 0 Å². The SMILES string of the molecule is O=C(NCCN1CCOCC1)[C@@H]1CCCN(S(=O)(=O)c2ccc(Cl)cc2)C1. The highest BCUT2D eigenvalue weighted by atomic mass is 35.5. The first-order valence-electron chi connectivity index (χ1n) is 9.30. The molecule has 0 bridgehead atoms. The van der Waals surface area contributed by atoms with Crippen molar-refractivity contribution in [2.24, 2.45) is 5.92 Å². The zero-order chi connectivity index (χ0) is 19.3. The second kappa shape index (κ2) is 9.34. The van der Waals surface area contributed by atoms with Gasteiger partial charge in [0.25, 0.3) is 0 Å². The molecule has 1 N–H and O–H groups in total. The van der Waals surface area contributed by atoms with Gasteiger partial charge in [0.15, 0.2) is 0 Å². The Labute approximate surface area is 165 Å². The lowest BCUT2D eigenvalue weighted by Gasteiger charge is -2.31. The molecule has 2 heterocycles. The molecule has 2 fully saturated rings. The largest absolute Gasteiger partial charge is 0.379 e. The molecular formula is C18H26ClN3O4S. The van der Waals surface area contributed by atoms with E-state index in [0.29, 0.717) is 31.0 Å². The number of benzene rings is 1. The summed E-state index contributed by atoms with van der Waals surface area (Å²) in [7, 11) is -3.61. The lowest BCUT2D eigenvalue weighted by molar-refractivity contribution is -0.126. The average Bonchev–Trinajstić information content (AvgIpc) is 2.69. The summed E-state index contributed by atoms with van der Waals surface area (Å²) in [5, 5.41) is 3.45. The van der Waals surface area contributed by atoms with Crippen LogP contribution >= 0.6 is 11.6 Å². The van der Waals surface area contributed by atoms with Gasteiger partial charge in [0.05, 0.1) is 24.0 Å². The van der Waals surface area contributed by atoms with Crippen LogP contribution in [0.25, 0.3) is 0 Å². The third-order valence-electron chi connectivity index (χ3n) is 5.04. The van der Waals surface area contributed by atoms with Crippen molar-refractivity contribution in [2.45, 2.75) is 17.7 Å². The number of halogens is 1. The van der Waals surface area contributed by atoms with Gasteiger partial charge in [-0.3, -0.25) is 9.69 Å². The zero-order valence-electron chi connectivity index (χ0n) is 15.3. The molecule has 2 saturated heterocycles. The number of ether oxygens (including phenoxy) is 1. The van der Waals surface area contributed by atoms with Crippen molar-refractivity contribution in [3.05, 3.63) is 29.3 Å². The number of amides is 1. The van der Waals surface area contributed by atoms with Gasteiger partial charge in [0, 0.05) is 44.3 Å². The van der Waals surface area contributed by atoms with Crippen LogP contribution in [0.3, 0.4) is 0 Å². The number of hydrogen-bond donors (Lipinski definition) is 1. The maximum atomic E-state index is 12.8. The summed E-state index contributed by atoms with van der Waals surface area (Å²) in [6, 6.07) is 6.13. The average molecular weight is 416 g/mol. The van der Waals surface area contributed by atoms with Gasteiger partial charge in [-0.05, 0) is 37.1 Å². The molecule has 27 heavy (non-hydrogen) atoms. The predicted molar refractivity (Wildman–Crippen MR) is 103 cm³/mol. The van der Waals surface area contributed by atoms with Crippen molar-refractivity contribution in [2.75, 3.05) is 52.5 Å². The molecule has 1 aromatic rings. The number of morpholine rings is 1. The molecule has 7 nitrogen and oxygen atoms in total. The van der Waals surface area contributed by atoms with Gasteiger partial charge < -0.3 is 10.1 Å². The Hall–Kier alpha value is -1.19. The van der Waals surface area contributed by atoms with Gasteiger partial charge in [0.2, 0.25) is 15.9 Å². The third kappa shape index (κ3) is 5.42. The number of rotatable bonds is 6. The fourth-order valence-electron chi connectivity index (χ4n) is 3.44. The van der Waals surface area contributed by atoms with Gasteiger partial charge in [0.1, 0.15) is 0 Å². The van der Waals surface area contributed by atoms with Gasteiger partial charge >= 0.3 is 0 Å². The Balaban J connectivity index is 1.53. The summed E-state index contributed by atoms with van der Waals surface area (Å²) in [6.45, 7) is 5.23. The normalized spacial score (nSPS) is 22.5. The quantitative estimate of drug-likeness (QED) is 0.755. The molecule has 150 valence electrons. The van der Waals surface area contributed by atoms with Gasteiger partial charge in [-0.15, -0.1) is 0 Å². The molecule has 0 aliphatic carbocycles. The van der Waals surface area contributed by atoms with E-state index in [9.17, 15) is 13.2 Å². The smallest absolute Gasteiger partial charge is 0.243 e. The maximum absolute atomic E-state index is 12.8. The third-order valence-corrected chi connectivity index (χ3v) is 7.17. The van der Waals surface area contributed by atoms with Crippen molar-refractivity contribution in [1.29, 1.82) is 0 Å². The molecular weight excluding hydrogens is 390 g/mol. The molecule has 1 atom stereocenters. The fourth-order valence-corrected chi connectivity index (χ4v) is 5.09. The van der Waals surface area contributed by atoms with E-state index < -0.39 is 10.0 Å². The minimum atomic E-state index is -3.61. The van der Waals surface area contributed by atoms with E-state index in [2.05, 4.69) is 10.2 Å². The molecule has 0 spiro atoms. The molecule has 9 heteroatoms. The summed E-state index contributed by atoms with van der Waals surface area (Å²) in [6.07, 6.45) is 1.38. The molecule has 1 amide bonds. The van der Waals surface area contributed by atoms with Crippen LogP contribution in [0.4, 0.5) is 0 Å². The highest BCUT2D eigenvalue weighted by molar-refractivity contribution is 7.89. The van der Waals surface area contributed by atoms with E-state index in [1.54, 1.807) is 12.1 Å². The monoisotopic (exact) mass is 415 g/mol. The standard InChI is InChI=1S/C18H26ClN3O4S/c19-16-3-5-17(6-4-16)27(24,25)22-8-1-2-15(14-22)18(23)20-7-9-21-10-12-26-13-11-21/h3-6,15H,1-2,7-14H2,(H,20,23)/t15-/m1/s1. The Morgan fingerprint density at radius 1 is 1.19 bits per heavy atom. The molecule has 3 rings (SSSR count). The van der Waals surface area contributed by atoms with Crippen LogP contribution in [0.1, 0.15) is 12.8 Å².